The molecule has 0 spiro atoms. The first-order valence-electron chi connectivity index (χ1n) is 10.5. The largest absolute Gasteiger partial charge is 0.481 e. The summed E-state index contributed by atoms with van der Waals surface area (Å²) in [6, 6.07) is 25.2. The van der Waals surface area contributed by atoms with E-state index in [1.165, 1.54) is 0 Å². The standard InChI is InChI=1S/C26H24N2O4S/c1-19-24(16-25(29)30)26(20-10-4-2-5-11-20)27-28(19)17-21-12-8-9-13-22(21)18-33(31,32)23-14-6-3-7-15-23/h2-15H,16-18H2,1H3,(H,29,30). The number of carbonyl (C=O) groups is 1. The zero-order valence-corrected chi connectivity index (χ0v) is 19.0. The van der Waals surface area contributed by atoms with Crippen molar-refractivity contribution < 1.29 is 18.3 Å². The first-order valence-corrected chi connectivity index (χ1v) is 12.2. The van der Waals surface area contributed by atoms with E-state index in [4.69, 9.17) is 5.10 Å². The monoisotopic (exact) mass is 460 g/mol. The number of carboxylic acid groups (broad SMARTS) is 1. The average molecular weight is 461 g/mol. The number of benzene rings is 3. The van der Waals surface area contributed by atoms with E-state index in [9.17, 15) is 18.3 Å². The molecule has 1 heterocycles. The number of aromatic nitrogens is 2. The van der Waals surface area contributed by atoms with Crippen LogP contribution in [0.1, 0.15) is 22.4 Å². The molecule has 1 aromatic heterocycles. The van der Waals surface area contributed by atoms with Gasteiger partial charge in [0.15, 0.2) is 9.84 Å². The molecule has 0 atom stereocenters. The second-order valence-corrected chi connectivity index (χ2v) is 9.84. The Labute approximate surface area is 193 Å². The Morgan fingerprint density at radius 3 is 2.09 bits per heavy atom. The summed E-state index contributed by atoms with van der Waals surface area (Å²) in [4.78, 5) is 11.8. The maximum Gasteiger partial charge on any atom is 0.307 e. The van der Waals surface area contributed by atoms with Gasteiger partial charge >= 0.3 is 5.97 Å². The molecule has 0 amide bonds. The summed E-state index contributed by atoms with van der Waals surface area (Å²) in [5.74, 6) is -1.05. The fraction of sp³-hybridized carbons (Fsp3) is 0.154. The predicted molar refractivity (Wildman–Crippen MR) is 127 cm³/mol. The highest BCUT2D eigenvalue weighted by atomic mass is 32.2. The van der Waals surface area contributed by atoms with Crippen molar-refractivity contribution in [2.45, 2.75) is 30.5 Å². The van der Waals surface area contributed by atoms with E-state index in [-0.39, 0.29) is 17.1 Å². The topological polar surface area (TPSA) is 89.3 Å². The van der Waals surface area contributed by atoms with Gasteiger partial charge in [0, 0.05) is 16.8 Å². The van der Waals surface area contributed by atoms with Gasteiger partial charge < -0.3 is 5.11 Å². The van der Waals surface area contributed by atoms with Crippen molar-refractivity contribution in [3.63, 3.8) is 0 Å². The Balaban J connectivity index is 1.71. The summed E-state index contributed by atoms with van der Waals surface area (Å²) in [5, 5.41) is 14.2. The maximum atomic E-state index is 13.0. The summed E-state index contributed by atoms with van der Waals surface area (Å²) >= 11 is 0. The SMILES string of the molecule is Cc1c(CC(=O)O)c(-c2ccccc2)nn1Cc1ccccc1CS(=O)(=O)c1ccccc1. The molecule has 7 heteroatoms. The number of rotatable bonds is 8. The van der Waals surface area contributed by atoms with Gasteiger partial charge in [0.05, 0.1) is 29.3 Å². The second-order valence-electron chi connectivity index (χ2n) is 7.85. The van der Waals surface area contributed by atoms with Crippen LogP contribution in [0.3, 0.4) is 0 Å². The fourth-order valence-corrected chi connectivity index (χ4v) is 5.29. The summed E-state index contributed by atoms with van der Waals surface area (Å²) in [5.41, 5.74) is 4.39. The van der Waals surface area contributed by atoms with Gasteiger partial charge in [-0.1, -0.05) is 72.8 Å². The van der Waals surface area contributed by atoms with Crippen LogP contribution in [-0.4, -0.2) is 29.3 Å². The molecule has 0 unspecified atom stereocenters. The number of sulfone groups is 1. The molecule has 1 N–H and O–H groups in total. The lowest BCUT2D eigenvalue weighted by Crippen LogP contribution is -2.11. The van der Waals surface area contributed by atoms with Gasteiger partial charge in [0.2, 0.25) is 0 Å². The Bertz CT molecular complexity index is 1380. The Morgan fingerprint density at radius 2 is 1.45 bits per heavy atom. The van der Waals surface area contributed by atoms with Crippen molar-refractivity contribution in [2.24, 2.45) is 0 Å². The Kier molecular flexibility index (Phi) is 6.42. The van der Waals surface area contributed by atoms with Crippen molar-refractivity contribution in [1.29, 1.82) is 0 Å². The molecular formula is C26H24N2O4S. The van der Waals surface area contributed by atoms with E-state index >= 15 is 0 Å². The molecule has 0 aliphatic carbocycles. The number of hydrogen-bond donors (Lipinski definition) is 1. The van der Waals surface area contributed by atoms with Crippen LogP contribution in [0.4, 0.5) is 0 Å². The minimum Gasteiger partial charge on any atom is -0.481 e. The third-order valence-corrected chi connectivity index (χ3v) is 7.27. The van der Waals surface area contributed by atoms with Gasteiger partial charge in [-0.05, 0) is 30.2 Å². The van der Waals surface area contributed by atoms with Gasteiger partial charge in [-0.25, -0.2) is 8.42 Å². The molecule has 4 aromatic rings. The molecule has 0 fully saturated rings. The van der Waals surface area contributed by atoms with Crippen molar-refractivity contribution in [3.8, 4) is 11.3 Å². The van der Waals surface area contributed by atoms with E-state index in [0.29, 0.717) is 23.4 Å². The molecule has 33 heavy (non-hydrogen) atoms. The second kappa shape index (κ2) is 9.42. The van der Waals surface area contributed by atoms with Crippen LogP contribution < -0.4 is 0 Å². The third-order valence-electron chi connectivity index (χ3n) is 5.59. The number of carboxylic acids is 1. The molecule has 4 rings (SSSR count). The van der Waals surface area contributed by atoms with E-state index in [2.05, 4.69) is 0 Å². The third kappa shape index (κ3) is 5.04. The molecule has 0 aliphatic rings. The Hall–Kier alpha value is -3.71. The van der Waals surface area contributed by atoms with Crippen LogP contribution in [0.5, 0.6) is 0 Å². The van der Waals surface area contributed by atoms with E-state index in [0.717, 1.165) is 16.8 Å². The van der Waals surface area contributed by atoms with Gasteiger partial charge in [-0.3, -0.25) is 9.48 Å². The molecule has 0 aliphatic heterocycles. The predicted octanol–water partition coefficient (Wildman–Crippen LogP) is 4.51. The van der Waals surface area contributed by atoms with E-state index in [1.807, 2.05) is 61.5 Å². The summed E-state index contributed by atoms with van der Waals surface area (Å²) < 4.78 is 27.7. The van der Waals surface area contributed by atoms with Crippen LogP contribution in [0.15, 0.2) is 89.8 Å². The first kappa shape index (κ1) is 22.5. The molecule has 168 valence electrons. The Morgan fingerprint density at radius 1 is 0.879 bits per heavy atom. The normalized spacial score (nSPS) is 11.4. The quantitative estimate of drug-likeness (QED) is 0.418. The van der Waals surface area contributed by atoms with Crippen LogP contribution in [0, 0.1) is 6.92 Å². The molecule has 0 saturated carbocycles. The molecule has 6 nitrogen and oxygen atoms in total. The molecular weight excluding hydrogens is 436 g/mol. The molecule has 0 radical (unpaired) electrons. The smallest absolute Gasteiger partial charge is 0.307 e. The van der Waals surface area contributed by atoms with Gasteiger partial charge in [-0.2, -0.15) is 5.10 Å². The van der Waals surface area contributed by atoms with Crippen LogP contribution >= 0.6 is 0 Å². The summed E-state index contributed by atoms with van der Waals surface area (Å²) in [6.45, 7) is 2.19. The van der Waals surface area contributed by atoms with E-state index < -0.39 is 15.8 Å². The van der Waals surface area contributed by atoms with Crippen molar-refractivity contribution >= 4 is 15.8 Å². The van der Waals surface area contributed by atoms with Gasteiger partial charge in [0.25, 0.3) is 0 Å². The lowest BCUT2D eigenvalue weighted by molar-refractivity contribution is -0.136. The van der Waals surface area contributed by atoms with Gasteiger partial charge in [-0.15, -0.1) is 0 Å². The molecule has 3 aromatic carbocycles. The van der Waals surface area contributed by atoms with Gasteiger partial charge in [0.1, 0.15) is 0 Å². The average Bonchev–Trinajstić information content (AvgIpc) is 3.11. The summed E-state index contributed by atoms with van der Waals surface area (Å²) in [7, 11) is -3.51. The molecule has 0 bridgehead atoms. The first-order chi connectivity index (χ1) is 15.8. The zero-order chi connectivity index (χ0) is 23.4. The van der Waals surface area contributed by atoms with Crippen molar-refractivity contribution in [3.05, 3.63) is 107 Å². The number of hydrogen-bond acceptors (Lipinski definition) is 4. The molecule has 0 saturated heterocycles. The van der Waals surface area contributed by atoms with Crippen molar-refractivity contribution in [1.82, 2.24) is 9.78 Å². The zero-order valence-electron chi connectivity index (χ0n) is 18.2. The fourth-order valence-electron chi connectivity index (χ4n) is 3.86. The summed E-state index contributed by atoms with van der Waals surface area (Å²) in [6.07, 6.45) is -0.139. The highest BCUT2D eigenvalue weighted by Gasteiger charge is 2.21. The minimum absolute atomic E-state index is 0.124. The number of nitrogens with zero attached hydrogens (tertiary/aromatic N) is 2. The van der Waals surface area contributed by atoms with Crippen LogP contribution in [0.25, 0.3) is 11.3 Å². The minimum atomic E-state index is -3.51. The lowest BCUT2D eigenvalue weighted by atomic mass is 10.0. The van der Waals surface area contributed by atoms with Crippen LogP contribution in [-0.2, 0) is 33.4 Å². The van der Waals surface area contributed by atoms with E-state index in [1.54, 1.807) is 35.0 Å². The number of aliphatic carboxylic acids is 1. The lowest BCUT2D eigenvalue weighted by Gasteiger charge is -2.12. The highest BCUT2D eigenvalue weighted by Crippen LogP contribution is 2.27. The maximum absolute atomic E-state index is 13.0. The van der Waals surface area contributed by atoms with Crippen molar-refractivity contribution in [2.75, 3.05) is 0 Å². The highest BCUT2D eigenvalue weighted by molar-refractivity contribution is 7.90. The van der Waals surface area contributed by atoms with Crippen LogP contribution in [0.2, 0.25) is 0 Å².